The topological polar surface area (TPSA) is 53.5 Å². The Morgan fingerprint density at radius 3 is 2.68 bits per heavy atom. The third kappa shape index (κ3) is 5.38. The largest absolute Gasteiger partial charge is 0.375 e. The first-order valence-corrected chi connectivity index (χ1v) is 8.18. The average molecular weight is 476 g/mol. The monoisotopic (exact) mass is 475 g/mol. The van der Waals surface area contributed by atoms with Crippen LogP contribution < -0.4 is 10.7 Å². The van der Waals surface area contributed by atoms with E-state index >= 15 is 0 Å². The number of hydrogen-bond donors (Lipinski definition) is 2. The fourth-order valence-corrected chi connectivity index (χ4v) is 3.01. The molecule has 2 N–H and O–H groups in total. The van der Waals surface area contributed by atoms with E-state index in [0.717, 1.165) is 13.7 Å². The van der Waals surface area contributed by atoms with Crippen molar-refractivity contribution in [2.45, 2.75) is 0 Å². The van der Waals surface area contributed by atoms with Crippen LogP contribution in [-0.4, -0.2) is 18.7 Å². The van der Waals surface area contributed by atoms with E-state index in [1.165, 1.54) is 18.3 Å². The van der Waals surface area contributed by atoms with E-state index in [1.54, 1.807) is 12.1 Å². The summed E-state index contributed by atoms with van der Waals surface area (Å²) in [4.78, 5) is 11.7. The van der Waals surface area contributed by atoms with Gasteiger partial charge in [0.25, 0.3) is 5.91 Å². The Morgan fingerprint density at radius 2 is 2.00 bits per heavy atom. The Morgan fingerprint density at radius 1 is 1.27 bits per heavy atom. The molecule has 2 aromatic carbocycles. The van der Waals surface area contributed by atoms with E-state index in [-0.39, 0.29) is 18.3 Å². The quantitative estimate of drug-likeness (QED) is 0.393. The lowest BCUT2D eigenvalue weighted by atomic mass is 10.2. The maximum absolute atomic E-state index is 12.7. The lowest BCUT2D eigenvalue weighted by Gasteiger charge is -2.07. The van der Waals surface area contributed by atoms with Crippen LogP contribution in [0.5, 0.6) is 0 Å². The van der Waals surface area contributed by atoms with E-state index < -0.39 is 0 Å². The first-order chi connectivity index (χ1) is 10.5. The fourth-order valence-electron chi connectivity index (χ4n) is 1.58. The SMILES string of the molecule is O=C(CNc1ccc(I)cc1Br)N/N=C/c1ccc(F)cc1. The maximum Gasteiger partial charge on any atom is 0.259 e. The number of hydrogen-bond acceptors (Lipinski definition) is 3. The van der Waals surface area contributed by atoms with Crippen molar-refractivity contribution in [3.63, 3.8) is 0 Å². The van der Waals surface area contributed by atoms with Gasteiger partial charge in [-0.3, -0.25) is 4.79 Å². The lowest BCUT2D eigenvalue weighted by molar-refractivity contribution is -0.119. The minimum atomic E-state index is -0.312. The van der Waals surface area contributed by atoms with E-state index in [0.29, 0.717) is 5.56 Å². The molecule has 0 aliphatic rings. The number of nitrogens with zero attached hydrogens (tertiary/aromatic N) is 1. The molecular formula is C15H12BrFIN3O. The molecule has 0 fully saturated rings. The molecule has 114 valence electrons. The zero-order chi connectivity index (χ0) is 15.9. The van der Waals surface area contributed by atoms with Gasteiger partial charge in [0.15, 0.2) is 0 Å². The minimum absolute atomic E-state index is 0.0972. The van der Waals surface area contributed by atoms with Gasteiger partial charge in [-0.25, -0.2) is 9.82 Å². The number of anilines is 1. The summed E-state index contributed by atoms with van der Waals surface area (Å²) in [6.45, 7) is 0.0972. The molecule has 0 bridgehead atoms. The number of rotatable bonds is 5. The van der Waals surface area contributed by atoms with Crippen LogP contribution in [0.1, 0.15) is 5.56 Å². The van der Waals surface area contributed by atoms with Crippen LogP contribution in [0, 0.1) is 9.39 Å². The number of benzene rings is 2. The molecule has 0 aliphatic carbocycles. The highest BCUT2D eigenvalue weighted by atomic mass is 127. The van der Waals surface area contributed by atoms with Crippen LogP contribution >= 0.6 is 38.5 Å². The van der Waals surface area contributed by atoms with Crippen molar-refractivity contribution in [3.8, 4) is 0 Å². The molecule has 22 heavy (non-hydrogen) atoms. The number of halogens is 3. The Kier molecular flexibility index (Phi) is 6.32. The summed E-state index contributed by atoms with van der Waals surface area (Å²) >= 11 is 5.64. The zero-order valence-electron chi connectivity index (χ0n) is 11.3. The first-order valence-electron chi connectivity index (χ1n) is 6.31. The van der Waals surface area contributed by atoms with Crippen molar-refractivity contribution >= 4 is 56.3 Å². The predicted octanol–water partition coefficient (Wildman–Crippen LogP) is 3.76. The van der Waals surface area contributed by atoms with Gasteiger partial charge in [-0.1, -0.05) is 12.1 Å². The zero-order valence-corrected chi connectivity index (χ0v) is 15.1. The van der Waals surface area contributed by atoms with E-state index in [4.69, 9.17) is 0 Å². The Hall–Kier alpha value is -1.48. The molecule has 2 rings (SSSR count). The summed E-state index contributed by atoms with van der Waals surface area (Å²) in [5.41, 5.74) is 3.94. The highest BCUT2D eigenvalue weighted by Crippen LogP contribution is 2.24. The van der Waals surface area contributed by atoms with Crippen LogP contribution in [0.2, 0.25) is 0 Å². The number of carbonyl (C=O) groups excluding carboxylic acids is 1. The predicted molar refractivity (Wildman–Crippen MR) is 97.5 cm³/mol. The number of hydrazone groups is 1. The highest BCUT2D eigenvalue weighted by molar-refractivity contribution is 14.1. The molecule has 0 aromatic heterocycles. The molecule has 0 saturated carbocycles. The van der Waals surface area contributed by atoms with Gasteiger partial charge in [0.2, 0.25) is 0 Å². The number of amides is 1. The molecule has 0 spiro atoms. The number of carbonyl (C=O) groups is 1. The molecule has 0 saturated heterocycles. The standard InChI is InChI=1S/C15H12BrFIN3O/c16-13-7-12(18)5-6-14(13)19-9-15(22)21-20-8-10-1-3-11(17)4-2-10/h1-8,19H,9H2,(H,21,22)/b20-8+. The van der Waals surface area contributed by atoms with E-state index in [2.05, 4.69) is 54.4 Å². The second kappa shape index (κ2) is 8.23. The summed E-state index contributed by atoms with van der Waals surface area (Å²) in [5.74, 6) is -0.586. The molecule has 1 amide bonds. The third-order valence-electron chi connectivity index (χ3n) is 2.64. The summed E-state index contributed by atoms with van der Waals surface area (Å²) in [5, 5.41) is 6.83. The molecule has 0 radical (unpaired) electrons. The second-order valence-electron chi connectivity index (χ2n) is 4.32. The molecule has 2 aromatic rings. The van der Waals surface area contributed by atoms with Gasteiger partial charge in [0.05, 0.1) is 12.8 Å². The van der Waals surface area contributed by atoms with Gasteiger partial charge in [-0.05, 0) is 74.4 Å². The van der Waals surface area contributed by atoms with Crippen LogP contribution in [-0.2, 0) is 4.79 Å². The Balaban J connectivity index is 1.81. The summed E-state index contributed by atoms with van der Waals surface area (Å²) in [6.07, 6.45) is 1.46. The molecule has 0 heterocycles. The van der Waals surface area contributed by atoms with Crippen LogP contribution in [0.25, 0.3) is 0 Å². The van der Waals surface area contributed by atoms with Crippen molar-refractivity contribution in [1.82, 2.24) is 5.43 Å². The van der Waals surface area contributed by atoms with Crippen LogP contribution in [0.3, 0.4) is 0 Å². The van der Waals surface area contributed by atoms with Crippen molar-refractivity contribution in [2.24, 2.45) is 5.10 Å². The van der Waals surface area contributed by atoms with Gasteiger partial charge in [0.1, 0.15) is 5.82 Å². The third-order valence-corrected chi connectivity index (χ3v) is 3.97. The molecule has 4 nitrogen and oxygen atoms in total. The summed E-state index contributed by atoms with van der Waals surface area (Å²) in [7, 11) is 0. The highest BCUT2D eigenvalue weighted by Gasteiger charge is 2.03. The smallest absolute Gasteiger partial charge is 0.259 e. The van der Waals surface area contributed by atoms with Gasteiger partial charge >= 0.3 is 0 Å². The molecule has 0 unspecified atom stereocenters. The lowest BCUT2D eigenvalue weighted by Crippen LogP contribution is -2.26. The molecule has 7 heteroatoms. The van der Waals surface area contributed by atoms with Crippen molar-refractivity contribution in [3.05, 3.63) is 61.9 Å². The first kappa shape index (κ1) is 16.9. The van der Waals surface area contributed by atoms with Gasteiger partial charge in [-0.2, -0.15) is 5.10 Å². The molecule has 0 atom stereocenters. The second-order valence-corrected chi connectivity index (χ2v) is 6.42. The van der Waals surface area contributed by atoms with Crippen molar-refractivity contribution < 1.29 is 9.18 Å². The van der Waals surface area contributed by atoms with E-state index in [1.807, 2.05) is 18.2 Å². The van der Waals surface area contributed by atoms with Gasteiger partial charge in [-0.15, -0.1) is 0 Å². The molecule has 0 aliphatic heterocycles. The van der Waals surface area contributed by atoms with Crippen LogP contribution in [0.4, 0.5) is 10.1 Å². The van der Waals surface area contributed by atoms with E-state index in [9.17, 15) is 9.18 Å². The summed E-state index contributed by atoms with van der Waals surface area (Å²) in [6, 6.07) is 11.6. The van der Waals surface area contributed by atoms with Crippen molar-refractivity contribution in [1.29, 1.82) is 0 Å². The van der Waals surface area contributed by atoms with Gasteiger partial charge in [0, 0.05) is 13.7 Å². The average Bonchev–Trinajstić information content (AvgIpc) is 2.48. The summed E-state index contributed by atoms with van der Waals surface area (Å²) < 4.78 is 14.7. The van der Waals surface area contributed by atoms with Crippen molar-refractivity contribution in [2.75, 3.05) is 11.9 Å². The maximum atomic E-state index is 12.7. The van der Waals surface area contributed by atoms with Gasteiger partial charge < -0.3 is 5.32 Å². The van der Waals surface area contributed by atoms with Crippen LogP contribution in [0.15, 0.2) is 52.0 Å². The Labute approximate surface area is 149 Å². The normalized spacial score (nSPS) is 10.7. The fraction of sp³-hybridized carbons (Fsp3) is 0.0667. The molecular weight excluding hydrogens is 464 g/mol. The minimum Gasteiger partial charge on any atom is -0.375 e. The number of nitrogens with one attached hydrogen (secondary N) is 2. The Bertz CT molecular complexity index is 692.